The molecule has 1 amide bonds. The van der Waals surface area contributed by atoms with Gasteiger partial charge in [0, 0.05) is 20.3 Å². The van der Waals surface area contributed by atoms with Gasteiger partial charge in [-0.3, -0.25) is 4.79 Å². The maximum absolute atomic E-state index is 11.9. The van der Waals surface area contributed by atoms with Crippen LogP contribution in [0.5, 0.6) is 0 Å². The number of nitrogens with one attached hydrogen (secondary N) is 1. The minimum Gasteiger partial charge on any atom is -0.449 e. The third kappa shape index (κ3) is 5.61. The molecule has 0 aliphatic heterocycles. The van der Waals surface area contributed by atoms with Crippen molar-refractivity contribution in [2.75, 3.05) is 26.0 Å². The van der Waals surface area contributed by atoms with E-state index >= 15 is 0 Å². The first-order valence-electron chi connectivity index (χ1n) is 6.48. The van der Waals surface area contributed by atoms with E-state index < -0.39 is 12.1 Å². The Hall–Kier alpha value is -1.79. The summed E-state index contributed by atoms with van der Waals surface area (Å²) in [4.78, 5) is 23.6. The number of methoxy groups -OCH3 is 1. The van der Waals surface area contributed by atoms with Crippen molar-refractivity contribution >= 4 is 29.2 Å². The zero-order valence-electron chi connectivity index (χ0n) is 12.0. The summed E-state index contributed by atoms with van der Waals surface area (Å²) in [5.41, 5.74) is 6.18. The van der Waals surface area contributed by atoms with Crippen molar-refractivity contribution in [3.63, 3.8) is 0 Å². The molecule has 1 aromatic carbocycles. The van der Waals surface area contributed by atoms with Crippen LogP contribution in [-0.2, 0) is 14.3 Å². The van der Waals surface area contributed by atoms with Crippen LogP contribution in [0.25, 0.3) is 0 Å². The molecule has 7 heteroatoms. The number of hydrogen-bond acceptors (Lipinski definition) is 5. The van der Waals surface area contributed by atoms with Gasteiger partial charge in [0.15, 0.2) is 6.10 Å². The fourth-order valence-corrected chi connectivity index (χ4v) is 1.69. The molecule has 116 valence electrons. The zero-order chi connectivity index (χ0) is 15.8. The third-order valence-corrected chi connectivity index (χ3v) is 3.04. The maximum atomic E-state index is 11.9. The Kier molecular flexibility index (Phi) is 6.98. The second-order valence-corrected chi connectivity index (χ2v) is 4.83. The SMILES string of the molecule is COCCCNC(=O)C(C)OC(=O)c1ccc(N)c(Cl)c1. The molecule has 0 heterocycles. The van der Waals surface area contributed by atoms with E-state index in [9.17, 15) is 9.59 Å². The minimum atomic E-state index is -0.892. The second-order valence-electron chi connectivity index (χ2n) is 4.42. The lowest BCUT2D eigenvalue weighted by atomic mass is 10.2. The number of carbonyl (C=O) groups excluding carboxylic acids is 2. The normalized spacial score (nSPS) is 11.8. The van der Waals surface area contributed by atoms with Gasteiger partial charge in [-0.25, -0.2) is 4.79 Å². The number of hydrogen-bond donors (Lipinski definition) is 2. The molecule has 0 bridgehead atoms. The molecule has 0 spiro atoms. The summed E-state index contributed by atoms with van der Waals surface area (Å²) in [6, 6.07) is 4.41. The van der Waals surface area contributed by atoms with Gasteiger partial charge in [-0.05, 0) is 31.5 Å². The van der Waals surface area contributed by atoms with Crippen molar-refractivity contribution in [3.05, 3.63) is 28.8 Å². The van der Waals surface area contributed by atoms with Crippen molar-refractivity contribution in [2.45, 2.75) is 19.4 Å². The number of amides is 1. The van der Waals surface area contributed by atoms with E-state index in [0.717, 1.165) is 0 Å². The van der Waals surface area contributed by atoms with Gasteiger partial charge < -0.3 is 20.5 Å². The molecule has 6 nitrogen and oxygen atoms in total. The number of nitrogens with two attached hydrogens (primary N) is 1. The van der Waals surface area contributed by atoms with Gasteiger partial charge in [0.05, 0.1) is 16.3 Å². The molecule has 0 aromatic heterocycles. The number of nitrogen functional groups attached to an aromatic ring is 1. The monoisotopic (exact) mass is 314 g/mol. The summed E-state index contributed by atoms with van der Waals surface area (Å²) in [7, 11) is 1.59. The Morgan fingerprint density at radius 1 is 1.43 bits per heavy atom. The molecular formula is C14H19ClN2O4. The summed E-state index contributed by atoms with van der Waals surface area (Å²) >= 11 is 5.83. The highest BCUT2D eigenvalue weighted by Crippen LogP contribution is 2.20. The van der Waals surface area contributed by atoms with E-state index in [2.05, 4.69) is 5.32 Å². The van der Waals surface area contributed by atoms with E-state index in [1.54, 1.807) is 7.11 Å². The molecule has 0 aliphatic carbocycles. The summed E-state index contributed by atoms with van der Waals surface area (Å²) in [5.74, 6) is -0.988. The van der Waals surface area contributed by atoms with Crippen molar-refractivity contribution in [1.29, 1.82) is 0 Å². The van der Waals surface area contributed by atoms with E-state index in [4.69, 9.17) is 26.8 Å². The summed E-state index contributed by atoms with van der Waals surface area (Å²) < 4.78 is 9.94. The molecule has 0 fully saturated rings. The van der Waals surface area contributed by atoms with Crippen molar-refractivity contribution < 1.29 is 19.1 Å². The van der Waals surface area contributed by atoms with Crippen molar-refractivity contribution in [1.82, 2.24) is 5.32 Å². The molecule has 0 saturated heterocycles. The molecule has 3 N–H and O–H groups in total. The number of carbonyl (C=O) groups is 2. The molecule has 1 atom stereocenters. The second kappa shape index (κ2) is 8.49. The molecule has 1 rings (SSSR count). The van der Waals surface area contributed by atoms with Gasteiger partial charge >= 0.3 is 5.97 Å². The molecular weight excluding hydrogens is 296 g/mol. The Morgan fingerprint density at radius 2 is 2.14 bits per heavy atom. The largest absolute Gasteiger partial charge is 0.449 e. The fraction of sp³-hybridized carbons (Fsp3) is 0.429. The standard InChI is InChI=1S/C14H19ClN2O4/c1-9(13(18)17-6-3-7-20-2)21-14(19)10-4-5-12(16)11(15)8-10/h4-5,8-9H,3,6-7,16H2,1-2H3,(H,17,18). The Morgan fingerprint density at radius 3 is 2.76 bits per heavy atom. The number of rotatable bonds is 7. The van der Waals surface area contributed by atoms with Gasteiger partial charge in [-0.1, -0.05) is 11.6 Å². The number of benzene rings is 1. The van der Waals surface area contributed by atoms with Gasteiger partial charge in [0.25, 0.3) is 5.91 Å². The smallest absolute Gasteiger partial charge is 0.338 e. The van der Waals surface area contributed by atoms with Crippen LogP contribution in [0, 0.1) is 0 Å². The zero-order valence-corrected chi connectivity index (χ0v) is 12.8. The van der Waals surface area contributed by atoms with Gasteiger partial charge in [0.1, 0.15) is 0 Å². The lowest BCUT2D eigenvalue weighted by Gasteiger charge is -2.13. The summed E-state index contributed by atoms with van der Waals surface area (Å²) in [5, 5.41) is 2.92. The molecule has 0 aliphatic rings. The van der Waals surface area contributed by atoms with Crippen LogP contribution in [0.4, 0.5) is 5.69 Å². The van der Waals surface area contributed by atoms with Gasteiger partial charge in [0.2, 0.25) is 0 Å². The summed E-state index contributed by atoms with van der Waals surface area (Å²) in [6.45, 7) is 2.52. The highest BCUT2D eigenvalue weighted by atomic mass is 35.5. The first-order chi connectivity index (χ1) is 9.95. The highest BCUT2D eigenvalue weighted by Gasteiger charge is 2.18. The van der Waals surface area contributed by atoms with Crippen LogP contribution in [0.2, 0.25) is 5.02 Å². The van der Waals surface area contributed by atoms with Crippen molar-refractivity contribution in [3.8, 4) is 0 Å². The average molecular weight is 315 g/mol. The minimum absolute atomic E-state index is 0.244. The third-order valence-electron chi connectivity index (χ3n) is 2.71. The number of halogens is 1. The van der Waals surface area contributed by atoms with Crippen LogP contribution in [0.15, 0.2) is 18.2 Å². The topological polar surface area (TPSA) is 90.6 Å². The fourth-order valence-electron chi connectivity index (χ4n) is 1.51. The lowest BCUT2D eigenvalue weighted by Crippen LogP contribution is -2.36. The quantitative estimate of drug-likeness (QED) is 0.453. The van der Waals surface area contributed by atoms with E-state index in [1.807, 2.05) is 0 Å². The van der Waals surface area contributed by atoms with E-state index in [1.165, 1.54) is 25.1 Å². The predicted molar refractivity (Wildman–Crippen MR) is 80.2 cm³/mol. The van der Waals surface area contributed by atoms with Crippen LogP contribution >= 0.6 is 11.6 Å². The average Bonchev–Trinajstić information content (AvgIpc) is 2.46. The van der Waals surface area contributed by atoms with Gasteiger partial charge in [-0.15, -0.1) is 0 Å². The van der Waals surface area contributed by atoms with E-state index in [0.29, 0.717) is 25.3 Å². The van der Waals surface area contributed by atoms with Crippen molar-refractivity contribution in [2.24, 2.45) is 0 Å². The lowest BCUT2D eigenvalue weighted by molar-refractivity contribution is -0.129. The predicted octanol–water partition coefficient (Wildman–Crippen LogP) is 1.62. The molecule has 0 radical (unpaired) electrons. The number of ether oxygens (including phenoxy) is 2. The molecule has 21 heavy (non-hydrogen) atoms. The van der Waals surface area contributed by atoms with Crippen LogP contribution < -0.4 is 11.1 Å². The van der Waals surface area contributed by atoms with Crippen LogP contribution in [-0.4, -0.2) is 38.2 Å². The van der Waals surface area contributed by atoms with Crippen LogP contribution in [0.3, 0.4) is 0 Å². The Labute approximate surface area is 128 Å². The van der Waals surface area contributed by atoms with E-state index in [-0.39, 0.29) is 16.5 Å². The van der Waals surface area contributed by atoms with Crippen LogP contribution in [0.1, 0.15) is 23.7 Å². The first-order valence-corrected chi connectivity index (χ1v) is 6.86. The Bertz CT molecular complexity index is 508. The first kappa shape index (κ1) is 17.3. The molecule has 1 aromatic rings. The number of esters is 1. The van der Waals surface area contributed by atoms with Gasteiger partial charge in [-0.2, -0.15) is 0 Å². The highest BCUT2D eigenvalue weighted by molar-refractivity contribution is 6.33. The molecule has 1 unspecified atom stereocenters. The number of anilines is 1. The maximum Gasteiger partial charge on any atom is 0.338 e. The Balaban J connectivity index is 2.49. The summed E-state index contributed by atoms with van der Waals surface area (Å²) in [6.07, 6.45) is -0.201. The molecule has 0 saturated carbocycles.